The summed E-state index contributed by atoms with van der Waals surface area (Å²) < 4.78 is 5.58. The molecule has 0 spiro atoms. The zero-order chi connectivity index (χ0) is 25.0. The van der Waals surface area contributed by atoms with Crippen LogP contribution < -0.4 is 20.4 Å². The van der Waals surface area contributed by atoms with E-state index in [0.717, 1.165) is 57.6 Å². The molecule has 0 radical (unpaired) electrons. The summed E-state index contributed by atoms with van der Waals surface area (Å²) in [4.78, 5) is 14.5. The fourth-order valence-electron chi connectivity index (χ4n) is 6.25. The first kappa shape index (κ1) is 25.2. The van der Waals surface area contributed by atoms with E-state index >= 15 is 0 Å². The van der Waals surface area contributed by atoms with Crippen LogP contribution in [0, 0.1) is 11.8 Å². The van der Waals surface area contributed by atoms with Crippen molar-refractivity contribution in [3.05, 3.63) is 42.0 Å². The number of hydrogen-bond donors (Lipinski definition) is 2. The summed E-state index contributed by atoms with van der Waals surface area (Å²) in [5.74, 6) is 3.78. The van der Waals surface area contributed by atoms with Crippen LogP contribution in [0.4, 0.5) is 17.6 Å². The second-order valence-corrected chi connectivity index (χ2v) is 11.4. The monoisotopic (exact) mass is 508 g/mol. The van der Waals surface area contributed by atoms with Crippen molar-refractivity contribution in [2.75, 3.05) is 61.1 Å². The van der Waals surface area contributed by atoms with Crippen LogP contribution in [-0.4, -0.2) is 61.0 Å². The molecule has 0 unspecified atom stereocenters. The fourth-order valence-corrected chi connectivity index (χ4v) is 6.41. The number of rotatable bonds is 6. The molecule has 2 atom stereocenters. The maximum Gasteiger partial charge on any atom is 0.232 e. The van der Waals surface area contributed by atoms with E-state index in [1.54, 1.807) is 0 Å². The molecule has 7 nitrogen and oxygen atoms in total. The Morgan fingerprint density at radius 2 is 1.64 bits per heavy atom. The van der Waals surface area contributed by atoms with Gasteiger partial charge in [-0.15, -0.1) is 0 Å². The van der Waals surface area contributed by atoms with E-state index in [-0.39, 0.29) is 5.41 Å². The SMILES string of the molecule is C[C@@H]1C[C@@H](C)CN(c2cc(N3CCOCC3)nc(NC(=S)NCC3(c4ccccc4)CCCC3)n2)C1. The van der Waals surface area contributed by atoms with Gasteiger partial charge in [0, 0.05) is 44.2 Å². The van der Waals surface area contributed by atoms with Gasteiger partial charge in [-0.2, -0.15) is 9.97 Å². The molecule has 2 N–H and O–H groups in total. The lowest BCUT2D eigenvalue weighted by atomic mass is 9.79. The Morgan fingerprint density at radius 3 is 2.31 bits per heavy atom. The summed E-state index contributed by atoms with van der Waals surface area (Å²) in [7, 11) is 0. The fraction of sp³-hybridized carbons (Fsp3) is 0.607. The van der Waals surface area contributed by atoms with Gasteiger partial charge in [0.2, 0.25) is 5.95 Å². The van der Waals surface area contributed by atoms with E-state index in [9.17, 15) is 0 Å². The molecule has 3 heterocycles. The minimum absolute atomic E-state index is 0.134. The lowest BCUT2D eigenvalue weighted by Crippen LogP contribution is -2.42. The number of morpholine rings is 1. The number of nitrogens with one attached hydrogen (secondary N) is 2. The quantitative estimate of drug-likeness (QED) is 0.549. The highest BCUT2D eigenvalue weighted by Gasteiger charge is 2.35. The van der Waals surface area contributed by atoms with Crippen LogP contribution in [0.2, 0.25) is 0 Å². The molecule has 1 aromatic carbocycles. The molecule has 1 aliphatic carbocycles. The smallest absolute Gasteiger partial charge is 0.232 e. The normalized spacial score (nSPS) is 23.9. The van der Waals surface area contributed by atoms with Crippen molar-refractivity contribution in [1.29, 1.82) is 0 Å². The van der Waals surface area contributed by atoms with Gasteiger partial charge in [0.25, 0.3) is 0 Å². The summed E-state index contributed by atoms with van der Waals surface area (Å²) in [5.41, 5.74) is 1.54. The highest BCUT2D eigenvalue weighted by atomic mass is 32.1. The Bertz CT molecular complexity index is 1010. The van der Waals surface area contributed by atoms with Gasteiger partial charge in [-0.25, -0.2) is 0 Å². The second kappa shape index (κ2) is 11.3. The molecule has 2 aromatic rings. The summed E-state index contributed by atoms with van der Waals surface area (Å²) in [5, 5.41) is 7.43. The summed E-state index contributed by atoms with van der Waals surface area (Å²) in [6.07, 6.45) is 6.16. The molecule has 1 aromatic heterocycles. The van der Waals surface area contributed by atoms with Gasteiger partial charge >= 0.3 is 0 Å². The van der Waals surface area contributed by atoms with Crippen molar-refractivity contribution in [2.45, 2.75) is 51.4 Å². The van der Waals surface area contributed by atoms with Crippen LogP contribution in [0.5, 0.6) is 0 Å². The van der Waals surface area contributed by atoms with E-state index in [4.69, 9.17) is 26.9 Å². The van der Waals surface area contributed by atoms with Gasteiger partial charge in [0.15, 0.2) is 5.11 Å². The van der Waals surface area contributed by atoms with E-state index in [2.05, 4.69) is 70.7 Å². The van der Waals surface area contributed by atoms with Crippen LogP contribution in [0.1, 0.15) is 51.5 Å². The summed E-state index contributed by atoms with van der Waals surface area (Å²) >= 11 is 5.76. The van der Waals surface area contributed by atoms with Crippen LogP contribution in [-0.2, 0) is 10.2 Å². The van der Waals surface area contributed by atoms with Crippen molar-refractivity contribution in [2.24, 2.45) is 11.8 Å². The Morgan fingerprint density at radius 1 is 1.00 bits per heavy atom. The predicted octanol–water partition coefficient (Wildman–Crippen LogP) is 4.59. The minimum atomic E-state index is 0.134. The Labute approximate surface area is 221 Å². The summed E-state index contributed by atoms with van der Waals surface area (Å²) in [6.45, 7) is 10.6. The standard InChI is InChI=1S/C28H40N6OS/c1-21-16-22(2)19-34(18-21)25-17-24(33-12-14-35-15-13-33)30-26(31-25)32-27(36)29-20-28(10-6-7-11-28)23-8-4-3-5-9-23/h3-5,8-9,17,21-22H,6-7,10-16,18-20H2,1-2H3,(H2,29,30,31,32,36)/t21-,22-/m1/s1. The van der Waals surface area contributed by atoms with Crippen LogP contribution in [0.3, 0.4) is 0 Å². The van der Waals surface area contributed by atoms with Gasteiger partial charge in [-0.05, 0) is 48.9 Å². The maximum atomic E-state index is 5.76. The number of benzene rings is 1. The molecular weight excluding hydrogens is 468 g/mol. The number of aromatic nitrogens is 2. The Balaban J connectivity index is 1.32. The average molecular weight is 509 g/mol. The maximum absolute atomic E-state index is 5.76. The van der Waals surface area contributed by atoms with Crippen molar-refractivity contribution < 1.29 is 4.74 Å². The average Bonchev–Trinajstić information content (AvgIpc) is 3.38. The number of anilines is 3. The molecule has 3 fully saturated rings. The molecule has 2 aliphatic heterocycles. The first-order chi connectivity index (χ1) is 17.5. The molecule has 3 aliphatic rings. The first-order valence-electron chi connectivity index (χ1n) is 13.6. The van der Waals surface area contributed by atoms with E-state index in [1.165, 1.54) is 37.7 Å². The molecular formula is C28H40N6OS. The molecule has 36 heavy (non-hydrogen) atoms. The van der Waals surface area contributed by atoms with Gasteiger partial charge in [0.1, 0.15) is 11.6 Å². The van der Waals surface area contributed by atoms with Gasteiger partial charge in [0.05, 0.1) is 13.2 Å². The molecule has 5 rings (SSSR count). The van der Waals surface area contributed by atoms with Crippen molar-refractivity contribution in [3.63, 3.8) is 0 Å². The summed E-state index contributed by atoms with van der Waals surface area (Å²) in [6, 6.07) is 13.0. The number of ether oxygens (including phenoxy) is 1. The lowest BCUT2D eigenvalue weighted by molar-refractivity contribution is 0.122. The third-order valence-electron chi connectivity index (χ3n) is 7.99. The van der Waals surface area contributed by atoms with Gasteiger partial charge in [-0.1, -0.05) is 57.0 Å². The van der Waals surface area contributed by atoms with Crippen molar-refractivity contribution >= 4 is 34.9 Å². The Hall–Kier alpha value is -2.45. The van der Waals surface area contributed by atoms with Crippen LogP contribution in [0.25, 0.3) is 0 Å². The third-order valence-corrected chi connectivity index (χ3v) is 8.23. The largest absolute Gasteiger partial charge is 0.378 e. The van der Waals surface area contributed by atoms with E-state index < -0.39 is 0 Å². The molecule has 1 saturated carbocycles. The van der Waals surface area contributed by atoms with E-state index in [0.29, 0.717) is 22.9 Å². The molecule has 8 heteroatoms. The lowest BCUT2D eigenvalue weighted by Gasteiger charge is -2.36. The van der Waals surface area contributed by atoms with Crippen molar-refractivity contribution in [1.82, 2.24) is 15.3 Å². The third kappa shape index (κ3) is 5.92. The van der Waals surface area contributed by atoms with Crippen LogP contribution in [0.15, 0.2) is 36.4 Å². The second-order valence-electron chi connectivity index (χ2n) is 11.0. The van der Waals surface area contributed by atoms with Gasteiger partial charge < -0.3 is 25.2 Å². The highest BCUT2D eigenvalue weighted by Crippen LogP contribution is 2.40. The zero-order valence-electron chi connectivity index (χ0n) is 21.7. The number of nitrogens with zero attached hydrogens (tertiary/aromatic N) is 4. The highest BCUT2D eigenvalue weighted by molar-refractivity contribution is 7.80. The number of piperidine rings is 1. The zero-order valence-corrected chi connectivity index (χ0v) is 22.5. The molecule has 0 amide bonds. The molecule has 194 valence electrons. The molecule has 2 saturated heterocycles. The molecule has 0 bridgehead atoms. The first-order valence-corrected chi connectivity index (χ1v) is 14.0. The predicted molar refractivity (Wildman–Crippen MR) is 151 cm³/mol. The topological polar surface area (TPSA) is 65.6 Å². The minimum Gasteiger partial charge on any atom is -0.378 e. The Kier molecular flexibility index (Phi) is 7.91. The number of thiocarbonyl (C=S) groups is 1. The van der Waals surface area contributed by atoms with Crippen molar-refractivity contribution in [3.8, 4) is 0 Å². The van der Waals surface area contributed by atoms with Gasteiger partial charge in [-0.3, -0.25) is 0 Å². The van der Waals surface area contributed by atoms with E-state index in [1.807, 2.05) is 0 Å². The van der Waals surface area contributed by atoms with Crippen LogP contribution >= 0.6 is 12.2 Å². The number of hydrogen-bond acceptors (Lipinski definition) is 6.